The van der Waals surface area contributed by atoms with Gasteiger partial charge < -0.3 is 15.2 Å². The van der Waals surface area contributed by atoms with Crippen molar-refractivity contribution in [2.75, 3.05) is 24.6 Å². The Morgan fingerprint density at radius 3 is 2.73 bits per heavy atom. The number of rotatable bonds is 5. The Kier molecular flexibility index (Phi) is 4.34. The molecule has 2 unspecified atom stereocenters. The zero-order chi connectivity index (χ0) is 18.4. The Hall–Kier alpha value is -2.15. The summed E-state index contributed by atoms with van der Waals surface area (Å²) in [7, 11) is 0. The van der Waals surface area contributed by atoms with Crippen LogP contribution in [-0.4, -0.2) is 42.9 Å². The molecule has 1 aliphatic heterocycles. The van der Waals surface area contributed by atoms with Gasteiger partial charge in [-0.3, -0.25) is 9.69 Å². The zero-order valence-electron chi connectivity index (χ0n) is 14.7. The SMILES string of the molecule is CC(=O)NC[C@H]1CN(c2ccc(C3C[C@@H]4C(CO)[C@@H]4C3)c(F)c2)C(=O)O1. The molecule has 4 rings (SSSR count). The van der Waals surface area contributed by atoms with Gasteiger partial charge in [0.1, 0.15) is 11.9 Å². The van der Waals surface area contributed by atoms with Crippen molar-refractivity contribution in [2.24, 2.45) is 17.8 Å². The molecule has 0 radical (unpaired) electrons. The van der Waals surface area contributed by atoms with E-state index in [2.05, 4.69) is 5.32 Å². The minimum absolute atomic E-state index is 0.187. The first-order valence-corrected chi connectivity index (χ1v) is 9.10. The topological polar surface area (TPSA) is 78.9 Å². The molecule has 1 heterocycles. The monoisotopic (exact) mass is 362 g/mol. The van der Waals surface area contributed by atoms with Crippen molar-refractivity contribution in [3.63, 3.8) is 0 Å². The van der Waals surface area contributed by atoms with Crippen LogP contribution in [0.25, 0.3) is 0 Å². The highest BCUT2D eigenvalue weighted by Gasteiger charge is 2.55. The second-order valence-corrected chi connectivity index (χ2v) is 7.60. The smallest absolute Gasteiger partial charge is 0.414 e. The van der Waals surface area contributed by atoms with Crippen molar-refractivity contribution in [1.82, 2.24) is 5.32 Å². The number of aliphatic hydroxyl groups is 1. The largest absolute Gasteiger partial charge is 0.442 e. The third-order valence-corrected chi connectivity index (χ3v) is 6.02. The summed E-state index contributed by atoms with van der Waals surface area (Å²) < 4.78 is 19.9. The summed E-state index contributed by atoms with van der Waals surface area (Å²) in [5, 5.41) is 11.9. The summed E-state index contributed by atoms with van der Waals surface area (Å²) in [5.74, 6) is 1.19. The molecule has 2 saturated carbocycles. The Morgan fingerprint density at radius 2 is 2.12 bits per heavy atom. The maximum atomic E-state index is 14.7. The van der Waals surface area contributed by atoms with Gasteiger partial charge >= 0.3 is 6.09 Å². The van der Waals surface area contributed by atoms with Crippen LogP contribution in [0.15, 0.2) is 18.2 Å². The number of fused-ring (bicyclic) bond motifs is 1. The second kappa shape index (κ2) is 6.54. The summed E-state index contributed by atoms with van der Waals surface area (Å²) in [6, 6.07) is 4.92. The molecule has 3 aliphatic rings. The number of hydrogen-bond donors (Lipinski definition) is 2. The van der Waals surface area contributed by atoms with Gasteiger partial charge in [0.15, 0.2) is 0 Å². The van der Waals surface area contributed by atoms with Gasteiger partial charge in [-0.25, -0.2) is 9.18 Å². The average molecular weight is 362 g/mol. The lowest BCUT2D eigenvalue weighted by molar-refractivity contribution is -0.119. The molecule has 1 aromatic carbocycles. The summed E-state index contributed by atoms with van der Waals surface area (Å²) in [6.45, 7) is 2.16. The van der Waals surface area contributed by atoms with Crippen molar-refractivity contribution in [2.45, 2.75) is 31.8 Å². The lowest BCUT2D eigenvalue weighted by atomic mass is 9.91. The number of carbonyl (C=O) groups is 2. The number of anilines is 1. The van der Waals surface area contributed by atoms with Gasteiger partial charge in [-0.05, 0) is 54.2 Å². The van der Waals surface area contributed by atoms with Crippen LogP contribution in [0.4, 0.5) is 14.9 Å². The van der Waals surface area contributed by atoms with Gasteiger partial charge in [0, 0.05) is 13.5 Å². The fourth-order valence-electron chi connectivity index (χ4n) is 4.61. The van der Waals surface area contributed by atoms with Gasteiger partial charge in [0.25, 0.3) is 0 Å². The maximum absolute atomic E-state index is 14.7. The molecule has 2 aliphatic carbocycles. The number of ether oxygens (including phenoxy) is 1. The number of halogens is 1. The van der Waals surface area contributed by atoms with Gasteiger partial charge in [0.2, 0.25) is 5.91 Å². The van der Waals surface area contributed by atoms with Crippen LogP contribution < -0.4 is 10.2 Å². The molecule has 140 valence electrons. The predicted octanol–water partition coefficient (Wildman–Crippen LogP) is 2.02. The molecular weight excluding hydrogens is 339 g/mol. The van der Waals surface area contributed by atoms with E-state index in [9.17, 15) is 19.1 Å². The van der Waals surface area contributed by atoms with E-state index in [0.29, 0.717) is 29.0 Å². The molecule has 0 aromatic heterocycles. The first kappa shape index (κ1) is 17.3. The van der Waals surface area contributed by atoms with E-state index >= 15 is 0 Å². The van der Waals surface area contributed by atoms with Crippen LogP contribution in [0.5, 0.6) is 0 Å². The van der Waals surface area contributed by atoms with Crippen LogP contribution in [0, 0.1) is 23.6 Å². The number of hydrogen-bond acceptors (Lipinski definition) is 4. The summed E-state index contributed by atoms with van der Waals surface area (Å²) in [6.07, 6.45) is 0.889. The van der Waals surface area contributed by atoms with E-state index in [0.717, 1.165) is 12.8 Å². The Bertz CT molecular complexity index is 728. The molecule has 1 aromatic rings. The molecule has 0 spiro atoms. The quantitative estimate of drug-likeness (QED) is 0.840. The molecule has 6 nitrogen and oxygen atoms in total. The van der Waals surface area contributed by atoms with E-state index in [1.807, 2.05) is 0 Å². The molecule has 2 amide bonds. The molecule has 3 fully saturated rings. The Morgan fingerprint density at radius 1 is 1.38 bits per heavy atom. The maximum Gasteiger partial charge on any atom is 0.414 e. The molecule has 7 heteroatoms. The van der Waals surface area contributed by atoms with Crippen LogP contribution in [0.2, 0.25) is 0 Å². The second-order valence-electron chi connectivity index (χ2n) is 7.60. The lowest BCUT2D eigenvalue weighted by Gasteiger charge is -2.18. The van der Waals surface area contributed by atoms with Crippen LogP contribution >= 0.6 is 0 Å². The summed E-state index contributed by atoms with van der Waals surface area (Å²) in [5.41, 5.74) is 1.16. The van der Waals surface area contributed by atoms with Crippen LogP contribution in [0.3, 0.4) is 0 Å². The molecule has 1 saturated heterocycles. The normalized spacial score (nSPS) is 32.3. The average Bonchev–Trinajstić information content (AvgIpc) is 2.93. The van der Waals surface area contributed by atoms with Crippen LogP contribution in [-0.2, 0) is 9.53 Å². The zero-order valence-corrected chi connectivity index (χ0v) is 14.7. The van der Waals surface area contributed by atoms with Crippen LogP contribution in [0.1, 0.15) is 31.2 Å². The molecule has 0 bridgehead atoms. The van der Waals surface area contributed by atoms with E-state index in [4.69, 9.17) is 4.74 Å². The van der Waals surface area contributed by atoms with Gasteiger partial charge in [-0.1, -0.05) is 6.07 Å². The highest BCUT2D eigenvalue weighted by Crippen LogP contribution is 2.62. The third-order valence-electron chi connectivity index (χ3n) is 6.02. The Balaban J connectivity index is 1.42. The number of cyclic esters (lactones) is 1. The van der Waals surface area contributed by atoms with Crippen molar-refractivity contribution in [1.29, 1.82) is 0 Å². The van der Waals surface area contributed by atoms with E-state index < -0.39 is 12.2 Å². The van der Waals surface area contributed by atoms with E-state index in [1.165, 1.54) is 17.9 Å². The number of amides is 2. The molecular formula is C19H23FN2O4. The number of benzene rings is 1. The first-order valence-electron chi connectivity index (χ1n) is 9.10. The van der Waals surface area contributed by atoms with Crippen molar-refractivity contribution in [3.8, 4) is 0 Å². The fourth-order valence-corrected chi connectivity index (χ4v) is 4.61. The number of nitrogens with one attached hydrogen (secondary N) is 1. The number of aliphatic hydroxyl groups excluding tert-OH is 1. The Labute approximate surface area is 151 Å². The summed E-state index contributed by atoms with van der Waals surface area (Å²) in [4.78, 5) is 24.4. The standard InChI is InChI=1S/C19H23FN2O4/c1-10(24)21-7-13-8-22(19(25)26-13)12-2-3-14(18(20)6-12)11-4-15-16(5-11)17(15)9-23/h2-3,6,11,13,15-17,23H,4-5,7-9H2,1H3,(H,21,24)/t11?,13-,15-,16+,17?/m0/s1. The van der Waals surface area contributed by atoms with Crippen molar-refractivity contribution in [3.05, 3.63) is 29.6 Å². The highest BCUT2D eigenvalue weighted by atomic mass is 19.1. The molecule has 2 N–H and O–H groups in total. The fraction of sp³-hybridized carbons (Fsp3) is 0.579. The summed E-state index contributed by atoms with van der Waals surface area (Å²) >= 11 is 0. The minimum atomic E-state index is -0.527. The van der Waals surface area contributed by atoms with Gasteiger partial charge in [-0.2, -0.15) is 0 Å². The van der Waals surface area contributed by atoms with Crippen molar-refractivity contribution >= 4 is 17.7 Å². The lowest BCUT2D eigenvalue weighted by Crippen LogP contribution is -2.33. The van der Waals surface area contributed by atoms with E-state index in [1.54, 1.807) is 12.1 Å². The first-order chi connectivity index (χ1) is 12.5. The predicted molar refractivity (Wildman–Crippen MR) is 92.2 cm³/mol. The minimum Gasteiger partial charge on any atom is -0.442 e. The molecule has 5 atom stereocenters. The van der Waals surface area contributed by atoms with Gasteiger partial charge in [0.05, 0.1) is 18.8 Å². The number of carbonyl (C=O) groups excluding carboxylic acids is 2. The highest BCUT2D eigenvalue weighted by molar-refractivity contribution is 5.89. The number of nitrogens with zero attached hydrogens (tertiary/aromatic N) is 1. The molecule has 26 heavy (non-hydrogen) atoms. The van der Waals surface area contributed by atoms with Crippen molar-refractivity contribution < 1.29 is 23.8 Å². The van der Waals surface area contributed by atoms with Gasteiger partial charge in [-0.15, -0.1) is 0 Å². The third kappa shape index (κ3) is 3.05. The van der Waals surface area contributed by atoms with E-state index in [-0.39, 0.29) is 37.3 Å².